The van der Waals surface area contributed by atoms with Gasteiger partial charge in [-0.05, 0) is 89.0 Å². The standard InChI is InChI=1S/C57H34N4OS/c1-4-13-35(14-5-1)37-25-29-48-46(31-37)47-32-38(26-30-49(47)61(48)41-17-8-3-9-18-41)39-23-28-44-51(33-39)62-50-21-12-20-45(54(44)50)57-59-55(36-15-6-2-7-16-36)58-56(60-57)40-24-27-43-42-19-10-11-22-52(42)63-53(43)34-40/h1-34H. The summed E-state index contributed by atoms with van der Waals surface area (Å²) < 4.78 is 11.5. The molecule has 0 spiro atoms. The number of fused-ring (bicyclic) bond motifs is 9. The van der Waals surface area contributed by atoms with Gasteiger partial charge in [0.1, 0.15) is 11.2 Å². The molecule has 63 heavy (non-hydrogen) atoms. The Hall–Kier alpha value is -8.19. The van der Waals surface area contributed by atoms with Crippen molar-refractivity contribution in [2.45, 2.75) is 0 Å². The Bertz CT molecular complexity index is 3910. The monoisotopic (exact) mass is 822 g/mol. The summed E-state index contributed by atoms with van der Waals surface area (Å²) in [4.78, 5) is 15.4. The fraction of sp³-hybridized carbons (Fsp3) is 0. The van der Waals surface area contributed by atoms with Crippen molar-refractivity contribution in [3.8, 4) is 62.1 Å². The lowest BCUT2D eigenvalue weighted by molar-refractivity contribution is 0.669. The number of nitrogens with zero attached hydrogens (tertiary/aromatic N) is 4. The third kappa shape index (κ3) is 5.87. The second kappa shape index (κ2) is 14.2. The zero-order valence-electron chi connectivity index (χ0n) is 33.7. The van der Waals surface area contributed by atoms with Gasteiger partial charge in [-0.2, -0.15) is 0 Å². The summed E-state index contributed by atoms with van der Waals surface area (Å²) in [6.07, 6.45) is 0. The molecule has 5 nitrogen and oxygen atoms in total. The van der Waals surface area contributed by atoms with Gasteiger partial charge < -0.3 is 8.98 Å². The Labute approximate surface area is 365 Å². The van der Waals surface area contributed by atoms with Crippen LogP contribution in [-0.4, -0.2) is 19.5 Å². The van der Waals surface area contributed by atoms with Gasteiger partial charge in [-0.3, -0.25) is 0 Å². The Morgan fingerprint density at radius 2 is 0.921 bits per heavy atom. The number of rotatable bonds is 6. The van der Waals surface area contributed by atoms with Crippen molar-refractivity contribution in [1.82, 2.24) is 19.5 Å². The third-order valence-corrected chi connectivity index (χ3v) is 13.4. The first kappa shape index (κ1) is 35.6. The van der Waals surface area contributed by atoms with E-state index in [0.29, 0.717) is 17.5 Å². The lowest BCUT2D eigenvalue weighted by Crippen LogP contribution is -2.00. The van der Waals surface area contributed by atoms with E-state index in [9.17, 15) is 0 Å². The van der Waals surface area contributed by atoms with Crippen LogP contribution in [0.4, 0.5) is 0 Å². The molecule has 0 saturated heterocycles. The van der Waals surface area contributed by atoms with Crippen LogP contribution in [0.25, 0.3) is 126 Å². The van der Waals surface area contributed by atoms with Crippen LogP contribution >= 0.6 is 11.3 Å². The molecule has 0 fully saturated rings. The topological polar surface area (TPSA) is 56.7 Å². The molecule has 0 unspecified atom stereocenters. The molecule has 0 aliphatic heterocycles. The van der Waals surface area contributed by atoms with Gasteiger partial charge in [0.05, 0.1) is 11.0 Å². The Kier molecular flexibility index (Phi) is 8.01. The van der Waals surface area contributed by atoms with Crippen LogP contribution in [0.1, 0.15) is 0 Å². The first-order valence-corrected chi connectivity index (χ1v) is 21.9. The van der Waals surface area contributed by atoms with Gasteiger partial charge in [0.2, 0.25) is 0 Å². The molecule has 13 aromatic rings. The van der Waals surface area contributed by atoms with E-state index in [-0.39, 0.29) is 0 Å². The van der Waals surface area contributed by atoms with E-state index in [1.807, 2.05) is 42.5 Å². The first-order chi connectivity index (χ1) is 31.2. The van der Waals surface area contributed by atoms with Gasteiger partial charge in [-0.15, -0.1) is 11.3 Å². The molecule has 0 aliphatic carbocycles. The summed E-state index contributed by atoms with van der Waals surface area (Å²) in [6, 6.07) is 72.8. The second-order valence-electron chi connectivity index (χ2n) is 16.0. The van der Waals surface area contributed by atoms with Gasteiger partial charge in [0.25, 0.3) is 0 Å². The Morgan fingerprint density at radius 3 is 1.68 bits per heavy atom. The van der Waals surface area contributed by atoms with Crippen LogP contribution in [0.15, 0.2) is 211 Å². The normalized spacial score (nSPS) is 11.8. The first-order valence-electron chi connectivity index (χ1n) is 21.1. The molecule has 0 N–H and O–H groups in total. The minimum atomic E-state index is 0.600. The van der Waals surface area contributed by atoms with Gasteiger partial charge in [0.15, 0.2) is 17.5 Å². The smallest absolute Gasteiger partial charge is 0.164 e. The molecule has 0 atom stereocenters. The molecule has 4 heterocycles. The van der Waals surface area contributed by atoms with E-state index in [2.05, 4.69) is 168 Å². The fourth-order valence-corrected chi connectivity index (χ4v) is 10.4. The minimum Gasteiger partial charge on any atom is -0.456 e. The number of hydrogen-bond donors (Lipinski definition) is 0. The number of para-hydroxylation sites is 1. The van der Waals surface area contributed by atoms with Crippen molar-refractivity contribution in [2.24, 2.45) is 0 Å². The van der Waals surface area contributed by atoms with Crippen molar-refractivity contribution in [2.75, 3.05) is 0 Å². The maximum Gasteiger partial charge on any atom is 0.164 e. The van der Waals surface area contributed by atoms with E-state index in [0.717, 1.165) is 61.0 Å². The highest BCUT2D eigenvalue weighted by molar-refractivity contribution is 7.25. The van der Waals surface area contributed by atoms with E-state index >= 15 is 0 Å². The number of furan rings is 1. The Morgan fingerprint density at radius 1 is 0.349 bits per heavy atom. The molecule has 0 radical (unpaired) electrons. The molecule has 294 valence electrons. The van der Waals surface area contributed by atoms with Crippen molar-refractivity contribution in [1.29, 1.82) is 0 Å². The number of benzene rings is 9. The number of hydrogen-bond acceptors (Lipinski definition) is 5. The van der Waals surface area contributed by atoms with Crippen LogP contribution in [0.2, 0.25) is 0 Å². The van der Waals surface area contributed by atoms with Crippen molar-refractivity contribution >= 4 is 75.3 Å². The molecule has 0 bridgehead atoms. The molecule has 0 saturated carbocycles. The molecular formula is C57H34N4OS. The van der Waals surface area contributed by atoms with E-state index in [1.165, 1.54) is 47.6 Å². The molecule has 0 amide bonds. The summed E-state index contributed by atoms with van der Waals surface area (Å²) in [5.74, 6) is 1.85. The van der Waals surface area contributed by atoms with Gasteiger partial charge in [0, 0.05) is 64.1 Å². The van der Waals surface area contributed by atoms with Crippen LogP contribution in [0.5, 0.6) is 0 Å². The number of thiophene rings is 1. The fourth-order valence-electron chi connectivity index (χ4n) is 9.27. The Balaban J connectivity index is 0.952. The van der Waals surface area contributed by atoms with Crippen LogP contribution in [0.3, 0.4) is 0 Å². The second-order valence-corrected chi connectivity index (χ2v) is 17.1. The van der Waals surface area contributed by atoms with Crippen LogP contribution < -0.4 is 0 Å². The predicted molar refractivity (Wildman–Crippen MR) is 262 cm³/mol. The van der Waals surface area contributed by atoms with Crippen molar-refractivity contribution < 1.29 is 4.42 Å². The lowest BCUT2D eigenvalue weighted by Gasteiger charge is -2.09. The highest BCUT2D eigenvalue weighted by Crippen LogP contribution is 2.42. The van der Waals surface area contributed by atoms with Crippen molar-refractivity contribution in [3.63, 3.8) is 0 Å². The molecule has 0 aliphatic rings. The summed E-state index contributed by atoms with van der Waals surface area (Å²) in [7, 11) is 0. The quantitative estimate of drug-likeness (QED) is 0.168. The number of aromatic nitrogens is 4. The lowest BCUT2D eigenvalue weighted by atomic mass is 9.99. The maximum atomic E-state index is 6.69. The minimum absolute atomic E-state index is 0.600. The molecule has 13 rings (SSSR count). The zero-order chi connectivity index (χ0) is 41.4. The van der Waals surface area contributed by atoms with Crippen LogP contribution in [-0.2, 0) is 0 Å². The molecular weight excluding hydrogens is 789 g/mol. The van der Waals surface area contributed by atoms with Gasteiger partial charge in [-0.1, -0.05) is 140 Å². The largest absolute Gasteiger partial charge is 0.456 e. The average molecular weight is 823 g/mol. The zero-order valence-corrected chi connectivity index (χ0v) is 34.6. The summed E-state index contributed by atoms with van der Waals surface area (Å²) in [6.45, 7) is 0. The van der Waals surface area contributed by atoms with Gasteiger partial charge in [-0.25, -0.2) is 15.0 Å². The van der Waals surface area contributed by atoms with Gasteiger partial charge >= 0.3 is 0 Å². The highest BCUT2D eigenvalue weighted by Gasteiger charge is 2.20. The predicted octanol–water partition coefficient (Wildman–Crippen LogP) is 15.6. The molecule has 9 aromatic carbocycles. The average Bonchev–Trinajstić information content (AvgIpc) is 4.03. The maximum absolute atomic E-state index is 6.69. The highest BCUT2D eigenvalue weighted by atomic mass is 32.1. The van der Waals surface area contributed by atoms with E-state index in [1.54, 1.807) is 11.3 Å². The van der Waals surface area contributed by atoms with Crippen LogP contribution in [0, 0.1) is 0 Å². The molecule has 4 aromatic heterocycles. The summed E-state index contributed by atoms with van der Waals surface area (Å²) in [5, 5.41) is 6.89. The summed E-state index contributed by atoms with van der Waals surface area (Å²) >= 11 is 1.79. The van der Waals surface area contributed by atoms with Crippen molar-refractivity contribution in [3.05, 3.63) is 206 Å². The van der Waals surface area contributed by atoms with E-state index in [4.69, 9.17) is 19.4 Å². The summed E-state index contributed by atoms with van der Waals surface area (Å²) in [5.41, 5.74) is 12.4. The SMILES string of the molecule is c1ccc(-c2ccc3c(c2)c2cc(-c4ccc5c(c4)oc4cccc(-c6nc(-c7ccccc7)nc(-c7ccc8c(c7)sc7ccccc78)n6)c45)ccc2n3-c2ccccc2)cc1. The third-order valence-electron chi connectivity index (χ3n) is 12.3. The molecule has 6 heteroatoms. The van der Waals surface area contributed by atoms with E-state index < -0.39 is 0 Å².